The van der Waals surface area contributed by atoms with Crippen molar-refractivity contribution in [2.24, 2.45) is 0 Å². The van der Waals surface area contributed by atoms with E-state index in [0.29, 0.717) is 19.0 Å². The molecule has 0 bridgehead atoms. The summed E-state index contributed by atoms with van der Waals surface area (Å²) in [6.07, 6.45) is 0.724. The normalized spacial score (nSPS) is 13.9. The van der Waals surface area contributed by atoms with Crippen molar-refractivity contribution in [2.75, 3.05) is 12.3 Å². The molecule has 0 unspecified atom stereocenters. The summed E-state index contributed by atoms with van der Waals surface area (Å²) >= 11 is 0. The highest BCUT2D eigenvalue weighted by Gasteiger charge is 2.23. The SMILES string of the molecule is CC(=O)N1CCc2nc(N)nc(-c3ccccc3)c2C1. The molecule has 0 saturated carbocycles. The fraction of sp³-hybridized carbons (Fsp3) is 0.267. The third-order valence-corrected chi connectivity index (χ3v) is 3.57. The Bertz CT molecular complexity index is 654. The third kappa shape index (κ3) is 2.22. The van der Waals surface area contributed by atoms with Crippen molar-refractivity contribution in [1.29, 1.82) is 0 Å². The monoisotopic (exact) mass is 268 g/mol. The predicted molar refractivity (Wildman–Crippen MR) is 76.7 cm³/mol. The quantitative estimate of drug-likeness (QED) is 0.853. The number of amides is 1. The standard InChI is InChI=1S/C15H16N4O/c1-10(20)19-8-7-13-12(9-19)14(18-15(16)17-13)11-5-3-2-4-6-11/h2-6H,7-9H2,1H3,(H2,16,17,18). The molecule has 0 spiro atoms. The molecule has 0 atom stereocenters. The van der Waals surface area contributed by atoms with Crippen LogP contribution in [0.4, 0.5) is 5.95 Å². The van der Waals surface area contributed by atoms with Gasteiger partial charge in [0.15, 0.2) is 0 Å². The largest absolute Gasteiger partial charge is 0.368 e. The third-order valence-electron chi connectivity index (χ3n) is 3.57. The predicted octanol–water partition coefficient (Wildman–Crippen LogP) is 1.63. The molecule has 0 saturated heterocycles. The lowest BCUT2D eigenvalue weighted by Crippen LogP contribution is -2.35. The van der Waals surface area contributed by atoms with Gasteiger partial charge in [0, 0.05) is 37.6 Å². The van der Waals surface area contributed by atoms with Crippen molar-refractivity contribution in [1.82, 2.24) is 14.9 Å². The molecule has 2 N–H and O–H groups in total. The number of fused-ring (bicyclic) bond motifs is 1. The second kappa shape index (κ2) is 4.92. The van der Waals surface area contributed by atoms with E-state index in [2.05, 4.69) is 9.97 Å². The topological polar surface area (TPSA) is 72.1 Å². The van der Waals surface area contributed by atoms with Gasteiger partial charge in [-0.2, -0.15) is 0 Å². The van der Waals surface area contributed by atoms with Gasteiger partial charge in [-0.3, -0.25) is 4.79 Å². The average Bonchev–Trinajstić information content (AvgIpc) is 2.46. The molecule has 2 heterocycles. The summed E-state index contributed by atoms with van der Waals surface area (Å²) in [5, 5.41) is 0. The first-order valence-corrected chi connectivity index (χ1v) is 6.61. The molecule has 1 aliphatic rings. The number of carbonyl (C=O) groups excluding carboxylic acids is 1. The van der Waals surface area contributed by atoms with Gasteiger partial charge in [-0.15, -0.1) is 0 Å². The number of benzene rings is 1. The average molecular weight is 268 g/mol. The maximum atomic E-state index is 11.6. The van der Waals surface area contributed by atoms with Gasteiger partial charge in [-0.05, 0) is 0 Å². The summed E-state index contributed by atoms with van der Waals surface area (Å²) in [6.45, 7) is 2.83. The summed E-state index contributed by atoms with van der Waals surface area (Å²) in [5.41, 5.74) is 9.61. The molecule has 1 aliphatic heterocycles. The molecule has 2 aromatic rings. The number of hydrogen-bond acceptors (Lipinski definition) is 4. The van der Waals surface area contributed by atoms with Crippen LogP contribution in [0.25, 0.3) is 11.3 Å². The molecule has 0 radical (unpaired) electrons. The first kappa shape index (κ1) is 12.6. The Morgan fingerprint density at radius 2 is 2.00 bits per heavy atom. The summed E-state index contributed by atoms with van der Waals surface area (Å²) in [6, 6.07) is 9.88. The van der Waals surface area contributed by atoms with Gasteiger partial charge < -0.3 is 10.6 Å². The lowest BCUT2D eigenvalue weighted by Gasteiger charge is -2.28. The number of anilines is 1. The Labute approximate surface area is 117 Å². The minimum Gasteiger partial charge on any atom is -0.368 e. The van der Waals surface area contributed by atoms with E-state index < -0.39 is 0 Å². The minimum atomic E-state index is 0.0755. The Morgan fingerprint density at radius 3 is 2.70 bits per heavy atom. The molecule has 0 aliphatic carbocycles. The Morgan fingerprint density at radius 1 is 1.25 bits per heavy atom. The van der Waals surface area contributed by atoms with E-state index in [-0.39, 0.29) is 5.91 Å². The molecular weight excluding hydrogens is 252 g/mol. The molecule has 3 rings (SSSR count). The first-order chi connectivity index (χ1) is 9.65. The van der Waals surface area contributed by atoms with E-state index in [1.165, 1.54) is 0 Å². The Balaban J connectivity index is 2.11. The van der Waals surface area contributed by atoms with Crippen molar-refractivity contribution in [3.8, 4) is 11.3 Å². The van der Waals surface area contributed by atoms with Gasteiger partial charge in [0.2, 0.25) is 11.9 Å². The second-order valence-corrected chi connectivity index (χ2v) is 4.91. The Kier molecular flexibility index (Phi) is 3.10. The van der Waals surface area contributed by atoms with Gasteiger partial charge in [-0.1, -0.05) is 30.3 Å². The molecule has 0 fully saturated rings. The van der Waals surface area contributed by atoms with Crippen LogP contribution in [-0.2, 0) is 17.8 Å². The number of carbonyl (C=O) groups is 1. The van der Waals surface area contributed by atoms with Crippen LogP contribution in [0.5, 0.6) is 0 Å². The maximum absolute atomic E-state index is 11.6. The molecular formula is C15H16N4O. The van der Waals surface area contributed by atoms with E-state index in [9.17, 15) is 4.79 Å². The highest BCUT2D eigenvalue weighted by molar-refractivity contribution is 5.74. The smallest absolute Gasteiger partial charge is 0.220 e. The molecule has 5 nitrogen and oxygen atoms in total. The van der Waals surface area contributed by atoms with Crippen LogP contribution in [0.3, 0.4) is 0 Å². The maximum Gasteiger partial charge on any atom is 0.220 e. The van der Waals surface area contributed by atoms with Crippen molar-refractivity contribution in [2.45, 2.75) is 19.9 Å². The molecule has 102 valence electrons. The van der Waals surface area contributed by atoms with Crippen LogP contribution in [0.15, 0.2) is 30.3 Å². The van der Waals surface area contributed by atoms with Crippen LogP contribution in [-0.4, -0.2) is 27.3 Å². The number of aromatic nitrogens is 2. The van der Waals surface area contributed by atoms with E-state index in [4.69, 9.17) is 5.73 Å². The van der Waals surface area contributed by atoms with Crippen molar-refractivity contribution >= 4 is 11.9 Å². The first-order valence-electron chi connectivity index (χ1n) is 6.61. The zero-order valence-corrected chi connectivity index (χ0v) is 11.3. The van der Waals surface area contributed by atoms with Crippen LogP contribution < -0.4 is 5.73 Å². The lowest BCUT2D eigenvalue weighted by atomic mass is 9.99. The molecule has 1 amide bonds. The highest BCUT2D eigenvalue weighted by atomic mass is 16.2. The van der Waals surface area contributed by atoms with Crippen LogP contribution in [0, 0.1) is 0 Å². The fourth-order valence-electron chi connectivity index (χ4n) is 2.54. The summed E-state index contributed by atoms with van der Waals surface area (Å²) in [7, 11) is 0. The van der Waals surface area contributed by atoms with Gasteiger partial charge in [0.05, 0.1) is 11.4 Å². The van der Waals surface area contributed by atoms with E-state index >= 15 is 0 Å². The van der Waals surface area contributed by atoms with Crippen LogP contribution in [0.2, 0.25) is 0 Å². The number of nitrogen functional groups attached to an aromatic ring is 1. The number of nitrogens with zero attached hydrogens (tertiary/aromatic N) is 3. The number of rotatable bonds is 1. The van der Waals surface area contributed by atoms with Crippen molar-refractivity contribution in [3.05, 3.63) is 41.6 Å². The van der Waals surface area contributed by atoms with Gasteiger partial charge in [0.25, 0.3) is 0 Å². The van der Waals surface area contributed by atoms with Crippen molar-refractivity contribution < 1.29 is 4.79 Å². The zero-order chi connectivity index (χ0) is 14.1. The molecule has 5 heteroatoms. The number of nitrogens with two attached hydrogens (primary N) is 1. The highest BCUT2D eigenvalue weighted by Crippen LogP contribution is 2.28. The van der Waals surface area contributed by atoms with Gasteiger partial charge in [0.1, 0.15) is 0 Å². The Hall–Kier alpha value is -2.43. The molecule has 1 aromatic carbocycles. The number of hydrogen-bond donors (Lipinski definition) is 1. The second-order valence-electron chi connectivity index (χ2n) is 4.91. The molecule has 1 aromatic heterocycles. The van der Waals surface area contributed by atoms with Crippen LogP contribution >= 0.6 is 0 Å². The molecule has 20 heavy (non-hydrogen) atoms. The minimum absolute atomic E-state index is 0.0755. The van der Waals surface area contributed by atoms with Crippen molar-refractivity contribution in [3.63, 3.8) is 0 Å². The van der Waals surface area contributed by atoms with Gasteiger partial charge in [-0.25, -0.2) is 9.97 Å². The summed E-state index contributed by atoms with van der Waals surface area (Å²) in [4.78, 5) is 22.1. The van der Waals surface area contributed by atoms with E-state index in [1.807, 2.05) is 35.2 Å². The van der Waals surface area contributed by atoms with Gasteiger partial charge >= 0.3 is 0 Å². The summed E-state index contributed by atoms with van der Waals surface area (Å²) in [5.74, 6) is 0.366. The summed E-state index contributed by atoms with van der Waals surface area (Å²) < 4.78 is 0. The fourth-order valence-corrected chi connectivity index (χ4v) is 2.54. The van der Waals surface area contributed by atoms with Crippen LogP contribution in [0.1, 0.15) is 18.2 Å². The van der Waals surface area contributed by atoms with E-state index in [0.717, 1.165) is 28.9 Å². The lowest BCUT2D eigenvalue weighted by molar-refractivity contribution is -0.129. The zero-order valence-electron chi connectivity index (χ0n) is 11.3. The van der Waals surface area contributed by atoms with E-state index in [1.54, 1.807) is 6.92 Å².